The number of hydrogen-bond acceptors (Lipinski definition) is 3. The van der Waals surface area contributed by atoms with Crippen molar-refractivity contribution in [1.29, 1.82) is 0 Å². The molecule has 6 heteroatoms. The Hall–Kier alpha value is -0.810. The molecular formula is C16H30ClN3O2. The highest BCUT2D eigenvalue weighted by Crippen LogP contribution is 2.23. The standard InChI is InChI=1S/C16H29N3O2.ClH/c17-15(20)5-3-14-2-1-11-19(12-14)16(21)6-4-13-7-9-18-10-8-13;/h13-14,18H,1-12H2,(H2,17,20);1H. The first kappa shape index (κ1) is 19.2. The number of nitrogens with zero attached hydrogens (tertiary/aromatic N) is 1. The van der Waals surface area contributed by atoms with Crippen molar-refractivity contribution in [2.24, 2.45) is 17.6 Å². The second-order valence-corrected chi connectivity index (χ2v) is 6.59. The van der Waals surface area contributed by atoms with Crippen molar-refractivity contribution in [3.63, 3.8) is 0 Å². The number of halogens is 1. The Morgan fingerprint density at radius 2 is 1.73 bits per heavy atom. The fraction of sp³-hybridized carbons (Fsp3) is 0.875. The molecule has 0 aromatic rings. The molecule has 1 atom stereocenters. The van der Waals surface area contributed by atoms with Crippen LogP contribution in [0, 0.1) is 11.8 Å². The zero-order valence-electron chi connectivity index (χ0n) is 13.4. The third-order valence-electron chi connectivity index (χ3n) is 4.90. The molecule has 0 spiro atoms. The van der Waals surface area contributed by atoms with Gasteiger partial charge in [-0.3, -0.25) is 9.59 Å². The van der Waals surface area contributed by atoms with Crippen LogP contribution in [0.4, 0.5) is 0 Å². The molecule has 0 bridgehead atoms. The van der Waals surface area contributed by atoms with Crippen LogP contribution >= 0.6 is 12.4 Å². The molecule has 2 heterocycles. The minimum Gasteiger partial charge on any atom is -0.370 e. The molecule has 2 rings (SSSR count). The Kier molecular flexibility index (Phi) is 8.79. The normalized spacial score (nSPS) is 22.9. The minimum absolute atomic E-state index is 0. The van der Waals surface area contributed by atoms with Gasteiger partial charge in [0.25, 0.3) is 0 Å². The number of carbonyl (C=O) groups is 2. The molecule has 0 radical (unpaired) electrons. The van der Waals surface area contributed by atoms with E-state index in [4.69, 9.17) is 5.73 Å². The summed E-state index contributed by atoms with van der Waals surface area (Å²) in [5.74, 6) is 1.24. The number of likely N-dealkylation sites (tertiary alicyclic amines) is 1. The molecule has 2 aliphatic heterocycles. The molecule has 22 heavy (non-hydrogen) atoms. The number of primary amides is 1. The van der Waals surface area contributed by atoms with Gasteiger partial charge in [-0.05, 0) is 63.5 Å². The number of carbonyl (C=O) groups excluding carboxylic acids is 2. The zero-order valence-corrected chi connectivity index (χ0v) is 14.2. The molecule has 2 amide bonds. The predicted octanol–water partition coefficient (Wildman–Crippen LogP) is 1.69. The Morgan fingerprint density at radius 1 is 1.05 bits per heavy atom. The van der Waals surface area contributed by atoms with Gasteiger partial charge in [0.1, 0.15) is 0 Å². The van der Waals surface area contributed by atoms with Gasteiger partial charge < -0.3 is 16.0 Å². The third-order valence-corrected chi connectivity index (χ3v) is 4.90. The van der Waals surface area contributed by atoms with Gasteiger partial charge in [0.15, 0.2) is 0 Å². The average Bonchev–Trinajstić information content (AvgIpc) is 2.52. The predicted molar refractivity (Wildman–Crippen MR) is 89.8 cm³/mol. The summed E-state index contributed by atoms with van der Waals surface area (Å²) in [7, 11) is 0. The van der Waals surface area contributed by atoms with Crippen LogP contribution in [0.2, 0.25) is 0 Å². The molecule has 0 aliphatic carbocycles. The summed E-state index contributed by atoms with van der Waals surface area (Å²) in [6.07, 6.45) is 7.57. The second-order valence-electron chi connectivity index (χ2n) is 6.59. The number of amides is 2. The topological polar surface area (TPSA) is 75.4 Å². The van der Waals surface area contributed by atoms with E-state index in [1.54, 1.807) is 0 Å². The maximum absolute atomic E-state index is 12.3. The molecule has 0 aromatic heterocycles. The molecule has 0 saturated carbocycles. The summed E-state index contributed by atoms with van der Waals surface area (Å²) >= 11 is 0. The number of hydrogen-bond donors (Lipinski definition) is 2. The molecule has 2 fully saturated rings. The molecule has 2 saturated heterocycles. The largest absolute Gasteiger partial charge is 0.370 e. The number of rotatable bonds is 6. The van der Waals surface area contributed by atoms with Gasteiger partial charge in [0.2, 0.25) is 11.8 Å². The SMILES string of the molecule is Cl.NC(=O)CCC1CCCN(C(=O)CCC2CCNCC2)C1. The third kappa shape index (κ3) is 6.53. The van der Waals surface area contributed by atoms with Crippen LogP contribution in [0.15, 0.2) is 0 Å². The Balaban J connectivity index is 0.00000242. The van der Waals surface area contributed by atoms with E-state index in [1.807, 2.05) is 4.90 Å². The van der Waals surface area contributed by atoms with Gasteiger partial charge in [-0.1, -0.05) is 0 Å². The molecule has 0 aromatic carbocycles. The van der Waals surface area contributed by atoms with Gasteiger partial charge in [0, 0.05) is 25.9 Å². The highest BCUT2D eigenvalue weighted by atomic mass is 35.5. The number of piperidine rings is 2. The monoisotopic (exact) mass is 331 g/mol. The smallest absolute Gasteiger partial charge is 0.222 e. The van der Waals surface area contributed by atoms with Crippen molar-refractivity contribution in [2.75, 3.05) is 26.2 Å². The summed E-state index contributed by atoms with van der Waals surface area (Å²) in [6, 6.07) is 0. The lowest BCUT2D eigenvalue weighted by atomic mass is 9.91. The van der Waals surface area contributed by atoms with E-state index in [0.29, 0.717) is 30.6 Å². The first-order valence-electron chi connectivity index (χ1n) is 8.42. The van der Waals surface area contributed by atoms with E-state index in [0.717, 1.165) is 51.9 Å². The van der Waals surface area contributed by atoms with Crippen LogP contribution in [0.25, 0.3) is 0 Å². The van der Waals surface area contributed by atoms with Gasteiger partial charge in [-0.25, -0.2) is 0 Å². The summed E-state index contributed by atoms with van der Waals surface area (Å²) in [4.78, 5) is 25.2. The van der Waals surface area contributed by atoms with Crippen LogP contribution in [-0.2, 0) is 9.59 Å². The van der Waals surface area contributed by atoms with Crippen molar-refractivity contribution in [2.45, 2.75) is 51.4 Å². The highest BCUT2D eigenvalue weighted by Gasteiger charge is 2.24. The number of nitrogens with two attached hydrogens (primary N) is 1. The summed E-state index contributed by atoms with van der Waals surface area (Å²) < 4.78 is 0. The summed E-state index contributed by atoms with van der Waals surface area (Å²) in [6.45, 7) is 3.89. The van der Waals surface area contributed by atoms with E-state index < -0.39 is 0 Å². The van der Waals surface area contributed by atoms with E-state index >= 15 is 0 Å². The van der Waals surface area contributed by atoms with Crippen LogP contribution in [0.3, 0.4) is 0 Å². The fourth-order valence-electron chi connectivity index (χ4n) is 3.53. The molecule has 128 valence electrons. The van der Waals surface area contributed by atoms with Crippen LogP contribution < -0.4 is 11.1 Å². The van der Waals surface area contributed by atoms with Gasteiger partial charge in [-0.2, -0.15) is 0 Å². The molecule has 2 aliphatic rings. The second kappa shape index (κ2) is 10.1. The first-order valence-corrected chi connectivity index (χ1v) is 8.42. The van der Waals surface area contributed by atoms with Gasteiger partial charge >= 0.3 is 0 Å². The van der Waals surface area contributed by atoms with Crippen molar-refractivity contribution in [3.8, 4) is 0 Å². The van der Waals surface area contributed by atoms with E-state index in [-0.39, 0.29) is 18.3 Å². The van der Waals surface area contributed by atoms with Crippen LogP contribution in [-0.4, -0.2) is 42.9 Å². The summed E-state index contributed by atoms with van der Waals surface area (Å²) in [5, 5.41) is 3.36. The lowest BCUT2D eigenvalue weighted by Crippen LogP contribution is -2.40. The maximum atomic E-state index is 12.3. The average molecular weight is 332 g/mol. The lowest BCUT2D eigenvalue weighted by Gasteiger charge is -2.33. The summed E-state index contributed by atoms with van der Waals surface area (Å²) in [5.41, 5.74) is 5.21. The van der Waals surface area contributed by atoms with E-state index in [2.05, 4.69) is 5.32 Å². The van der Waals surface area contributed by atoms with E-state index in [1.165, 1.54) is 12.8 Å². The fourth-order valence-corrected chi connectivity index (χ4v) is 3.53. The Morgan fingerprint density at radius 3 is 2.41 bits per heavy atom. The zero-order chi connectivity index (χ0) is 15.1. The molecular weight excluding hydrogens is 302 g/mol. The van der Waals surface area contributed by atoms with Gasteiger partial charge in [-0.15, -0.1) is 12.4 Å². The van der Waals surface area contributed by atoms with Crippen LogP contribution in [0.1, 0.15) is 51.4 Å². The van der Waals surface area contributed by atoms with Crippen molar-refractivity contribution in [1.82, 2.24) is 10.2 Å². The first-order chi connectivity index (χ1) is 10.1. The maximum Gasteiger partial charge on any atom is 0.222 e. The lowest BCUT2D eigenvalue weighted by molar-refractivity contribution is -0.133. The quantitative estimate of drug-likeness (QED) is 0.777. The molecule has 1 unspecified atom stereocenters. The Labute approximate surface area is 139 Å². The van der Waals surface area contributed by atoms with Crippen molar-refractivity contribution >= 4 is 24.2 Å². The van der Waals surface area contributed by atoms with Crippen LogP contribution in [0.5, 0.6) is 0 Å². The Bertz CT molecular complexity index is 359. The highest BCUT2D eigenvalue weighted by molar-refractivity contribution is 5.85. The molecule has 3 N–H and O–H groups in total. The van der Waals surface area contributed by atoms with Crippen molar-refractivity contribution in [3.05, 3.63) is 0 Å². The minimum atomic E-state index is -0.232. The van der Waals surface area contributed by atoms with E-state index in [9.17, 15) is 9.59 Å². The van der Waals surface area contributed by atoms with Crippen molar-refractivity contribution < 1.29 is 9.59 Å². The number of nitrogens with one attached hydrogen (secondary N) is 1. The van der Waals surface area contributed by atoms with Gasteiger partial charge in [0.05, 0.1) is 0 Å². The molecule has 5 nitrogen and oxygen atoms in total.